The Labute approximate surface area is 246 Å². The number of hydrogen-bond donors (Lipinski definition) is 6. The number of hydrogen-bond acceptors (Lipinski definition) is 13. The first kappa shape index (κ1) is 34.0. The van der Waals surface area contributed by atoms with Crippen LogP contribution in [0.4, 0.5) is 0 Å². The van der Waals surface area contributed by atoms with Crippen molar-refractivity contribution in [3.8, 4) is 16.9 Å². The summed E-state index contributed by atoms with van der Waals surface area (Å²) in [6.07, 6.45) is -4.53. The van der Waals surface area contributed by atoms with Crippen molar-refractivity contribution in [3.05, 3.63) is 81.4 Å². The van der Waals surface area contributed by atoms with Gasteiger partial charge in [-0.2, -0.15) is 8.62 Å². The van der Waals surface area contributed by atoms with Gasteiger partial charge in [-0.25, -0.2) is 18.5 Å². The first-order valence-corrected chi connectivity index (χ1v) is 16.7. The van der Waals surface area contributed by atoms with Gasteiger partial charge in [0.05, 0.1) is 26.0 Å². The Bertz CT molecular complexity index is 1770. The van der Waals surface area contributed by atoms with Gasteiger partial charge in [0.2, 0.25) is 0 Å². The average molecular weight is 681 g/mol. The van der Waals surface area contributed by atoms with Crippen LogP contribution in [-0.2, 0) is 38.1 Å². The predicted molar refractivity (Wildman–Crippen MR) is 146 cm³/mol. The van der Waals surface area contributed by atoms with Crippen LogP contribution in [0, 0.1) is 0 Å². The summed E-state index contributed by atoms with van der Waals surface area (Å²) in [6.45, 7) is -1.39. The molecular formula is C22H26N3O16P3. The zero-order valence-corrected chi connectivity index (χ0v) is 25.1. The van der Waals surface area contributed by atoms with Gasteiger partial charge in [0, 0.05) is 24.0 Å². The number of pyridine rings is 1. The lowest BCUT2D eigenvalue weighted by Gasteiger charge is -2.19. The molecule has 0 radical (unpaired) electrons. The lowest BCUT2D eigenvalue weighted by molar-refractivity contribution is -0.0547. The number of methoxy groups -OCH3 is 1. The van der Waals surface area contributed by atoms with E-state index in [9.17, 15) is 43.3 Å². The van der Waals surface area contributed by atoms with E-state index < -0.39 is 65.9 Å². The summed E-state index contributed by atoms with van der Waals surface area (Å²) in [5.41, 5.74) is 0.0235. The number of para-hydroxylation sites is 1. The smallest absolute Gasteiger partial charge is 0.490 e. The molecule has 0 aliphatic carbocycles. The highest BCUT2D eigenvalue weighted by atomic mass is 31.3. The van der Waals surface area contributed by atoms with Crippen LogP contribution in [0.25, 0.3) is 11.1 Å². The SMILES string of the molecule is COc1ccccc1-c1ccnc(Cn2c(=O)ccn([C@@H]3O[C@H](COP(=O)(O)OP(=O)(O)OP(=O)(O)O)C(O)C3O)c2=O)c1. The van der Waals surface area contributed by atoms with Gasteiger partial charge >= 0.3 is 29.2 Å². The van der Waals surface area contributed by atoms with E-state index in [2.05, 4.69) is 18.1 Å². The van der Waals surface area contributed by atoms with Gasteiger partial charge in [0.1, 0.15) is 24.1 Å². The largest absolute Gasteiger partial charge is 0.496 e. The number of nitrogens with zero attached hydrogens (tertiary/aromatic N) is 3. The Morgan fingerprint density at radius 3 is 2.34 bits per heavy atom. The van der Waals surface area contributed by atoms with Gasteiger partial charge in [-0.15, -0.1) is 0 Å². The van der Waals surface area contributed by atoms with Gasteiger partial charge in [-0.1, -0.05) is 18.2 Å². The van der Waals surface area contributed by atoms with Crippen LogP contribution in [0.2, 0.25) is 0 Å². The van der Waals surface area contributed by atoms with Crippen molar-refractivity contribution < 1.29 is 66.1 Å². The van der Waals surface area contributed by atoms with E-state index in [4.69, 9.17) is 19.3 Å². The van der Waals surface area contributed by atoms with Gasteiger partial charge in [0.25, 0.3) is 5.56 Å². The second-order valence-corrected chi connectivity index (χ2v) is 13.5. The third-order valence-corrected chi connectivity index (χ3v) is 9.88. The predicted octanol–water partition coefficient (Wildman–Crippen LogP) is 0.0914. The molecule has 0 bridgehead atoms. The zero-order chi connectivity index (χ0) is 32.4. The molecule has 4 unspecified atom stereocenters. The van der Waals surface area contributed by atoms with E-state index in [1.807, 2.05) is 6.07 Å². The van der Waals surface area contributed by atoms with Crippen LogP contribution in [0.15, 0.2) is 64.4 Å². The van der Waals surface area contributed by atoms with E-state index >= 15 is 0 Å². The molecule has 6 atom stereocenters. The fourth-order valence-electron chi connectivity index (χ4n) is 4.22. The first-order chi connectivity index (χ1) is 20.5. The molecule has 1 aliphatic rings. The molecule has 1 saturated heterocycles. The van der Waals surface area contributed by atoms with Gasteiger partial charge in [-0.3, -0.25) is 23.4 Å². The standard InChI is InChI=1S/C22H26N3O16P3/c1-37-16-5-3-2-4-15(16)13-6-8-23-14(10-13)11-25-18(26)7-9-24(22(25)29)21-20(28)19(27)17(39-21)12-38-43(33,34)41-44(35,36)40-42(30,31)32/h2-10,17,19-21,27-28H,11-12H2,1H3,(H,33,34)(H,35,36)(H2,30,31,32)/t17-,19?,20?,21-/m1/s1. The quantitative estimate of drug-likeness (QED) is 0.138. The van der Waals surface area contributed by atoms with E-state index in [0.29, 0.717) is 17.0 Å². The number of rotatable bonds is 12. The molecule has 0 saturated carbocycles. The molecule has 22 heteroatoms. The molecule has 3 aromatic rings. The van der Waals surface area contributed by atoms with Crippen molar-refractivity contribution in [2.75, 3.05) is 13.7 Å². The van der Waals surface area contributed by atoms with Crippen molar-refractivity contribution in [3.63, 3.8) is 0 Å². The summed E-state index contributed by atoms with van der Waals surface area (Å²) in [4.78, 5) is 66.3. The van der Waals surface area contributed by atoms with Crippen molar-refractivity contribution in [1.29, 1.82) is 0 Å². The maximum Gasteiger partial charge on any atom is 0.490 e. The Morgan fingerprint density at radius 1 is 0.955 bits per heavy atom. The lowest BCUT2D eigenvalue weighted by atomic mass is 10.0. The van der Waals surface area contributed by atoms with Gasteiger partial charge in [0.15, 0.2) is 6.23 Å². The number of phosphoric acid groups is 3. The number of ether oxygens (including phenoxy) is 2. The minimum absolute atomic E-state index is 0.303. The lowest BCUT2D eigenvalue weighted by Crippen LogP contribution is -2.43. The van der Waals surface area contributed by atoms with E-state index in [0.717, 1.165) is 27.0 Å². The maximum atomic E-state index is 13.3. The van der Waals surface area contributed by atoms with Crippen LogP contribution >= 0.6 is 23.5 Å². The molecule has 240 valence electrons. The molecule has 1 aliphatic heterocycles. The number of aliphatic hydroxyl groups excluding tert-OH is 2. The summed E-state index contributed by atoms with van der Waals surface area (Å²) in [5, 5.41) is 21.0. The fourth-order valence-corrected chi connectivity index (χ4v) is 7.25. The molecule has 2 aromatic heterocycles. The average Bonchev–Trinajstić information content (AvgIpc) is 3.21. The van der Waals surface area contributed by atoms with Gasteiger partial charge in [-0.05, 0) is 23.8 Å². The third-order valence-electron chi connectivity index (χ3n) is 6.08. The molecule has 6 N–H and O–H groups in total. The molecule has 1 aromatic carbocycles. The first-order valence-electron chi connectivity index (χ1n) is 12.2. The van der Waals surface area contributed by atoms with Crippen LogP contribution in [0.5, 0.6) is 5.75 Å². The monoisotopic (exact) mass is 681 g/mol. The highest BCUT2D eigenvalue weighted by Crippen LogP contribution is 2.66. The fraction of sp³-hybridized carbons (Fsp3) is 0.318. The highest BCUT2D eigenvalue weighted by molar-refractivity contribution is 7.66. The van der Waals surface area contributed by atoms with E-state index in [1.165, 1.54) is 13.3 Å². The molecule has 3 heterocycles. The molecule has 1 fully saturated rings. The molecule has 19 nitrogen and oxygen atoms in total. The minimum Gasteiger partial charge on any atom is -0.496 e. The molecule has 0 amide bonds. The zero-order valence-electron chi connectivity index (χ0n) is 22.4. The molecular weight excluding hydrogens is 655 g/mol. The van der Waals surface area contributed by atoms with Gasteiger partial charge < -0.3 is 39.3 Å². The van der Waals surface area contributed by atoms with Crippen molar-refractivity contribution in [2.24, 2.45) is 0 Å². The van der Waals surface area contributed by atoms with Crippen molar-refractivity contribution in [2.45, 2.75) is 31.1 Å². The van der Waals surface area contributed by atoms with Crippen LogP contribution in [0.1, 0.15) is 11.9 Å². The second-order valence-electron chi connectivity index (χ2n) is 9.10. The summed E-state index contributed by atoms with van der Waals surface area (Å²) in [5.74, 6) is 0.581. The normalized spacial score (nSPS) is 23.2. The number of aliphatic hydroxyl groups is 2. The van der Waals surface area contributed by atoms with E-state index in [1.54, 1.807) is 30.3 Å². The van der Waals surface area contributed by atoms with Crippen LogP contribution in [-0.4, -0.2) is 75.9 Å². The summed E-state index contributed by atoms with van der Waals surface area (Å²) in [6, 6.07) is 11.5. The Hall–Kier alpha value is -2.86. The molecule has 44 heavy (non-hydrogen) atoms. The molecule has 0 spiro atoms. The topological polar surface area (TPSA) is 276 Å². The Morgan fingerprint density at radius 2 is 1.66 bits per heavy atom. The Kier molecular flexibility index (Phi) is 10.2. The van der Waals surface area contributed by atoms with Crippen LogP contribution in [0.3, 0.4) is 0 Å². The summed E-state index contributed by atoms with van der Waals surface area (Å²) >= 11 is 0. The van der Waals surface area contributed by atoms with Crippen molar-refractivity contribution >= 4 is 23.5 Å². The Balaban J connectivity index is 1.52. The molecule has 4 rings (SSSR count). The number of aromatic nitrogens is 3. The minimum atomic E-state index is -5.80. The van der Waals surface area contributed by atoms with Crippen molar-refractivity contribution in [1.82, 2.24) is 14.1 Å². The van der Waals surface area contributed by atoms with Crippen LogP contribution < -0.4 is 16.0 Å². The maximum absolute atomic E-state index is 13.3. The number of phosphoric ester groups is 1. The third kappa shape index (κ3) is 8.24. The second kappa shape index (κ2) is 13.2. The number of benzene rings is 1. The highest BCUT2D eigenvalue weighted by Gasteiger charge is 2.47. The van der Waals surface area contributed by atoms with E-state index in [-0.39, 0.29) is 6.54 Å². The summed E-state index contributed by atoms with van der Waals surface area (Å²) < 4.78 is 58.3. The summed E-state index contributed by atoms with van der Waals surface area (Å²) in [7, 11) is -15.5.